The van der Waals surface area contributed by atoms with Gasteiger partial charge in [0.05, 0.1) is 11.8 Å². The highest BCUT2D eigenvalue weighted by Crippen LogP contribution is 2.54. The van der Waals surface area contributed by atoms with Gasteiger partial charge in [-0.3, -0.25) is 24.6 Å². The maximum atomic E-state index is 13.7. The van der Waals surface area contributed by atoms with Crippen LogP contribution < -0.4 is 10.6 Å². The summed E-state index contributed by atoms with van der Waals surface area (Å²) < 4.78 is 0.794. The van der Waals surface area contributed by atoms with Crippen molar-refractivity contribution < 1.29 is 19.5 Å². The molecule has 5 atom stereocenters. The Labute approximate surface area is 194 Å². The number of phenols is 1. The van der Waals surface area contributed by atoms with Crippen LogP contribution in [0.25, 0.3) is 0 Å². The molecule has 2 aromatic carbocycles. The molecule has 3 aliphatic heterocycles. The number of carbonyl (C=O) groups excluding carboxylic acids is 3. The predicted octanol–water partition coefficient (Wildman–Crippen LogP) is 2.92. The smallest absolute Gasteiger partial charge is 0.250 e. The number of hydrogen-bond acceptors (Lipinski definition) is 5. The van der Waals surface area contributed by atoms with Crippen molar-refractivity contribution in [2.75, 3.05) is 5.32 Å². The molecule has 3 aliphatic rings. The molecule has 8 heteroatoms. The Morgan fingerprint density at radius 3 is 2.53 bits per heavy atom. The van der Waals surface area contributed by atoms with Crippen molar-refractivity contribution in [3.63, 3.8) is 0 Å². The van der Waals surface area contributed by atoms with Gasteiger partial charge < -0.3 is 10.4 Å². The largest absolute Gasteiger partial charge is 0.508 e. The van der Waals surface area contributed by atoms with Crippen molar-refractivity contribution in [1.82, 2.24) is 10.2 Å². The highest BCUT2D eigenvalue weighted by molar-refractivity contribution is 9.10. The molecule has 3 N–H and O–H groups in total. The Morgan fingerprint density at radius 1 is 1.12 bits per heavy atom. The molecule has 166 valence electrons. The number of nitrogens with one attached hydrogen (secondary N) is 2. The zero-order valence-corrected chi connectivity index (χ0v) is 19.3. The van der Waals surface area contributed by atoms with Gasteiger partial charge in [0, 0.05) is 27.8 Å². The molecule has 7 nitrogen and oxygen atoms in total. The topological polar surface area (TPSA) is 98.7 Å². The minimum atomic E-state index is -1.31. The minimum Gasteiger partial charge on any atom is -0.508 e. The number of likely N-dealkylation sites (tertiary alicyclic amines) is 1. The van der Waals surface area contributed by atoms with E-state index in [9.17, 15) is 19.5 Å². The fourth-order valence-corrected chi connectivity index (χ4v) is 5.84. The van der Waals surface area contributed by atoms with Crippen LogP contribution in [0.5, 0.6) is 5.75 Å². The van der Waals surface area contributed by atoms with Crippen LogP contribution in [0.1, 0.15) is 31.4 Å². The number of fused-ring (bicyclic) bond motifs is 4. The number of anilines is 1. The summed E-state index contributed by atoms with van der Waals surface area (Å²) >= 11 is 3.48. The summed E-state index contributed by atoms with van der Waals surface area (Å²) in [5.74, 6) is -2.13. The average molecular weight is 498 g/mol. The van der Waals surface area contributed by atoms with E-state index in [0.717, 1.165) is 10.0 Å². The van der Waals surface area contributed by atoms with Crippen LogP contribution in [0.2, 0.25) is 0 Å². The Morgan fingerprint density at radius 2 is 1.84 bits per heavy atom. The minimum absolute atomic E-state index is 0.159. The van der Waals surface area contributed by atoms with E-state index in [1.165, 1.54) is 4.90 Å². The number of phenolic OH excluding ortho intramolecular Hbond substituents is 1. The standard InChI is InChI=1S/C24H24BrN3O4/c1-3-12(2)28-21(30)19-18(10-13-4-7-15(29)8-5-13)27-24(20(19)22(28)31)16-11-14(25)6-9-17(16)26-23(24)32/h4-9,11-12,18-20,27,29H,3,10H2,1-2H3,(H,26,32). The molecule has 0 radical (unpaired) electrons. The van der Waals surface area contributed by atoms with Crippen LogP contribution >= 0.6 is 15.9 Å². The van der Waals surface area contributed by atoms with E-state index in [2.05, 4.69) is 26.6 Å². The number of halogens is 1. The number of nitrogens with zero attached hydrogens (tertiary/aromatic N) is 1. The van der Waals surface area contributed by atoms with Gasteiger partial charge in [-0.15, -0.1) is 0 Å². The third-order valence-electron chi connectivity index (χ3n) is 7.13. The van der Waals surface area contributed by atoms with E-state index in [1.54, 1.807) is 24.3 Å². The number of rotatable bonds is 4. The zero-order valence-electron chi connectivity index (χ0n) is 17.8. The van der Waals surface area contributed by atoms with Gasteiger partial charge in [0.25, 0.3) is 0 Å². The number of benzene rings is 2. The molecular formula is C24H24BrN3O4. The van der Waals surface area contributed by atoms with Gasteiger partial charge in [0.1, 0.15) is 11.3 Å². The molecule has 32 heavy (non-hydrogen) atoms. The Bertz CT molecular complexity index is 1130. The monoisotopic (exact) mass is 497 g/mol. The third kappa shape index (κ3) is 2.85. The van der Waals surface area contributed by atoms with Crippen LogP contribution in [0, 0.1) is 11.8 Å². The summed E-state index contributed by atoms with van der Waals surface area (Å²) in [6.45, 7) is 3.81. The van der Waals surface area contributed by atoms with E-state index in [1.807, 2.05) is 32.0 Å². The van der Waals surface area contributed by atoms with Gasteiger partial charge in [0.2, 0.25) is 17.7 Å². The molecule has 0 aliphatic carbocycles. The maximum absolute atomic E-state index is 13.7. The number of aromatic hydroxyl groups is 1. The van der Waals surface area contributed by atoms with E-state index >= 15 is 0 Å². The summed E-state index contributed by atoms with van der Waals surface area (Å²) in [6.07, 6.45) is 1.10. The van der Waals surface area contributed by atoms with Crippen LogP contribution in [-0.2, 0) is 26.3 Å². The summed E-state index contributed by atoms with van der Waals surface area (Å²) in [5, 5.41) is 16.0. The second-order valence-electron chi connectivity index (χ2n) is 8.88. The van der Waals surface area contributed by atoms with Crippen molar-refractivity contribution >= 4 is 39.3 Å². The highest BCUT2D eigenvalue weighted by atomic mass is 79.9. The van der Waals surface area contributed by atoms with Crippen molar-refractivity contribution in [2.24, 2.45) is 11.8 Å². The highest BCUT2D eigenvalue weighted by Gasteiger charge is 2.70. The second kappa shape index (κ2) is 7.42. The van der Waals surface area contributed by atoms with Crippen LogP contribution in [0.4, 0.5) is 5.69 Å². The fourth-order valence-electron chi connectivity index (χ4n) is 5.47. The lowest BCUT2D eigenvalue weighted by Crippen LogP contribution is -2.54. The molecule has 3 amide bonds. The lowest BCUT2D eigenvalue weighted by atomic mass is 9.76. The maximum Gasteiger partial charge on any atom is 0.250 e. The lowest BCUT2D eigenvalue weighted by Gasteiger charge is -2.31. The lowest BCUT2D eigenvalue weighted by molar-refractivity contribution is -0.145. The molecule has 3 heterocycles. The van der Waals surface area contributed by atoms with Gasteiger partial charge >= 0.3 is 0 Å². The van der Waals surface area contributed by atoms with Crippen LogP contribution in [0.15, 0.2) is 46.9 Å². The van der Waals surface area contributed by atoms with Gasteiger partial charge in [-0.2, -0.15) is 0 Å². The second-order valence-corrected chi connectivity index (χ2v) is 9.80. The summed E-state index contributed by atoms with van der Waals surface area (Å²) in [6, 6.07) is 11.6. The first-order chi connectivity index (χ1) is 15.3. The van der Waals surface area contributed by atoms with Crippen molar-refractivity contribution in [3.05, 3.63) is 58.1 Å². The van der Waals surface area contributed by atoms with Gasteiger partial charge in [0.15, 0.2) is 0 Å². The molecule has 0 saturated carbocycles. The Balaban J connectivity index is 1.64. The molecule has 1 spiro atoms. The predicted molar refractivity (Wildman–Crippen MR) is 122 cm³/mol. The Hall–Kier alpha value is -2.71. The first-order valence-corrected chi connectivity index (χ1v) is 11.6. The SMILES string of the molecule is CCC(C)N1C(=O)C2C(Cc3ccc(O)cc3)NC3(C(=O)Nc4ccc(Br)cc43)C2C1=O. The number of hydrogen-bond donors (Lipinski definition) is 3. The molecule has 2 saturated heterocycles. The molecular weight excluding hydrogens is 474 g/mol. The quantitative estimate of drug-likeness (QED) is 0.564. The first-order valence-electron chi connectivity index (χ1n) is 10.8. The van der Waals surface area contributed by atoms with Crippen molar-refractivity contribution in [1.29, 1.82) is 0 Å². The summed E-state index contributed by atoms with van der Waals surface area (Å²) in [7, 11) is 0. The number of amides is 3. The fraction of sp³-hybridized carbons (Fsp3) is 0.375. The molecule has 5 unspecified atom stereocenters. The summed E-state index contributed by atoms with van der Waals surface area (Å²) in [4.78, 5) is 42.1. The van der Waals surface area contributed by atoms with Crippen LogP contribution in [0.3, 0.4) is 0 Å². The number of imide groups is 1. The molecule has 0 aromatic heterocycles. The molecule has 0 bridgehead atoms. The van der Waals surface area contributed by atoms with Gasteiger partial charge in [-0.05, 0) is 55.7 Å². The van der Waals surface area contributed by atoms with E-state index < -0.39 is 23.4 Å². The van der Waals surface area contributed by atoms with Gasteiger partial charge in [-0.25, -0.2) is 0 Å². The molecule has 2 fully saturated rings. The van der Waals surface area contributed by atoms with E-state index in [-0.39, 0.29) is 29.5 Å². The van der Waals surface area contributed by atoms with Crippen molar-refractivity contribution in [2.45, 2.75) is 44.3 Å². The first kappa shape index (κ1) is 21.2. The molecule has 5 rings (SSSR count). The number of carbonyl (C=O) groups is 3. The van der Waals surface area contributed by atoms with E-state index in [4.69, 9.17) is 0 Å². The zero-order chi connectivity index (χ0) is 22.8. The Kier molecular flexibility index (Phi) is 4.90. The summed E-state index contributed by atoms with van der Waals surface area (Å²) in [5.41, 5.74) is 0.941. The van der Waals surface area contributed by atoms with E-state index in [0.29, 0.717) is 24.1 Å². The third-order valence-corrected chi connectivity index (χ3v) is 7.63. The molecule has 2 aromatic rings. The van der Waals surface area contributed by atoms with Crippen molar-refractivity contribution in [3.8, 4) is 5.75 Å². The van der Waals surface area contributed by atoms with Gasteiger partial charge in [-0.1, -0.05) is 35.0 Å². The average Bonchev–Trinajstić information content (AvgIpc) is 3.34. The normalized spacial score (nSPS) is 29.4. The van der Waals surface area contributed by atoms with Crippen LogP contribution in [-0.4, -0.2) is 39.8 Å².